The molecule has 0 radical (unpaired) electrons. The summed E-state index contributed by atoms with van der Waals surface area (Å²) in [5, 5.41) is 5.48. The predicted octanol–water partition coefficient (Wildman–Crippen LogP) is 5.80. The average Bonchev–Trinajstić information content (AvgIpc) is 3.02. The minimum Gasteiger partial charge on any atom is -0.454 e. The van der Waals surface area contributed by atoms with E-state index in [9.17, 15) is 27.2 Å². The SMILES string of the molecule is CC(C)N1CC(C(=O)Nc2ccc(Oc3ccnc(Nc4ccc(S(=O)(=O)NC(C)(C)C)cn4)c3)c(F)c2)C(=O)N(c2ccc(F)cc2)C1=O. The molecule has 50 heavy (non-hydrogen) atoms. The number of hydrogen-bond acceptors (Lipinski definition) is 9. The van der Waals surface area contributed by atoms with Crippen molar-refractivity contribution in [2.24, 2.45) is 5.92 Å². The van der Waals surface area contributed by atoms with Gasteiger partial charge in [0, 0.05) is 48.3 Å². The van der Waals surface area contributed by atoms with Gasteiger partial charge in [0.25, 0.3) is 0 Å². The van der Waals surface area contributed by atoms with Crippen LogP contribution in [-0.2, 0) is 19.6 Å². The van der Waals surface area contributed by atoms with Gasteiger partial charge in [0.15, 0.2) is 11.6 Å². The van der Waals surface area contributed by atoms with E-state index in [4.69, 9.17) is 4.74 Å². The Morgan fingerprint density at radius 2 is 1.68 bits per heavy atom. The number of urea groups is 1. The van der Waals surface area contributed by atoms with Gasteiger partial charge >= 0.3 is 6.03 Å². The second-order valence-electron chi connectivity index (χ2n) is 12.7. The monoisotopic (exact) mass is 707 g/mol. The number of rotatable bonds is 10. The van der Waals surface area contributed by atoms with Crippen LogP contribution in [0.25, 0.3) is 0 Å². The van der Waals surface area contributed by atoms with Crippen LogP contribution in [0.5, 0.6) is 11.5 Å². The number of aromatic nitrogens is 2. The van der Waals surface area contributed by atoms with Gasteiger partial charge in [0.05, 0.1) is 5.69 Å². The van der Waals surface area contributed by atoms with Gasteiger partial charge < -0.3 is 20.3 Å². The maximum atomic E-state index is 15.2. The van der Waals surface area contributed by atoms with E-state index in [1.54, 1.807) is 34.6 Å². The number of carbonyl (C=O) groups excluding carboxylic acids is 3. The number of benzene rings is 2. The zero-order valence-electron chi connectivity index (χ0n) is 27.8. The molecule has 2 aromatic heterocycles. The molecule has 3 heterocycles. The number of amides is 4. The van der Waals surface area contributed by atoms with Crippen molar-refractivity contribution in [1.29, 1.82) is 0 Å². The lowest BCUT2D eigenvalue weighted by Crippen LogP contribution is -2.61. The van der Waals surface area contributed by atoms with E-state index >= 15 is 4.39 Å². The van der Waals surface area contributed by atoms with Crippen LogP contribution in [0.15, 0.2) is 84.0 Å². The summed E-state index contributed by atoms with van der Waals surface area (Å²) in [7, 11) is -3.77. The molecular formula is C34H35F2N7O6S. The highest BCUT2D eigenvalue weighted by atomic mass is 32.2. The topological polar surface area (TPSA) is 163 Å². The zero-order valence-corrected chi connectivity index (χ0v) is 28.6. The largest absolute Gasteiger partial charge is 0.454 e. The van der Waals surface area contributed by atoms with Crippen molar-refractivity contribution in [3.8, 4) is 11.5 Å². The maximum absolute atomic E-state index is 15.2. The summed E-state index contributed by atoms with van der Waals surface area (Å²) in [4.78, 5) is 50.3. The van der Waals surface area contributed by atoms with E-state index in [1.807, 2.05) is 0 Å². The molecule has 13 nitrogen and oxygen atoms in total. The number of nitrogens with one attached hydrogen (secondary N) is 3. The molecule has 0 bridgehead atoms. The molecule has 2 aromatic carbocycles. The Morgan fingerprint density at radius 1 is 0.960 bits per heavy atom. The smallest absolute Gasteiger partial charge is 0.331 e. The molecule has 16 heteroatoms. The third-order valence-electron chi connectivity index (χ3n) is 7.26. The molecule has 1 aliphatic heterocycles. The Balaban J connectivity index is 1.25. The zero-order chi connectivity index (χ0) is 36.4. The van der Waals surface area contributed by atoms with Crippen LogP contribution in [0.2, 0.25) is 0 Å². The number of imide groups is 1. The number of halogens is 2. The molecule has 0 spiro atoms. The maximum Gasteiger partial charge on any atom is 0.331 e. The van der Waals surface area contributed by atoms with E-state index in [0.29, 0.717) is 5.82 Å². The van der Waals surface area contributed by atoms with Crippen molar-refractivity contribution in [2.45, 2.75) is 51.1 Å². The molecule has 1 saturated heterocycles. The molecule has 262 valence electrons. The molecule has 3 N–H and O–H groups in total. The van der Waals surface area contributed by atoms with E-state index in [-0.39, 0.29) is 46.2 Å². The van der Waals surface area contributed by atoms with Gasteiger partial charge in [-0.3, -0.25) is 9.59 Å². The lowest BCUT2D eigenvalue weighted by atomic mass is 10.0. The molecule has 4 amide bonds. The molecular weight excluding hydrogens is 672 g/mol. The second-order valence-corrected chi connectivity index (χ2v) is 14.4. The number of anilines is 4. The van der Waals surface area contributed by atoms with Crippen molar-refractivity contribution in [1.82, 2.24) is 19.6 Å². The highest BCUT2D eigenvalue weighted by molar-refractivity contribution is 7.89. The third-order valence-corrected chi connectivity index (χ3v) is 9.00. The number of sulfonamides is 1. The molecule has 1 unspecified atom stereocenters. The summed E-state index contributed by atoms with van der Waals surface area (Å²) in [5.74, 6) is -3.64. The summed E-state index contributed by atoms with van der Waals surface area (Å²) in [6.07, 6.45) is 2.62. The van der Waals surface area contributed by atoms with Crippen LogP contribution >= 0.6 is 0 Å². The number of hydrogen-bond donors (Lipinski definition) is 3. The van der Waals surface area contributed by atoms with E-state index in [2.05, 4.69) is 25.3 Å². The Labute approximate surface area is 287 Å². The van der Waals surface area contributed by atoms with Crippen LogP contribution < -0.4 is 25.0 Å². The average molecular weight is 708 g/mol. The minimum atomic E-state index is -3.77. The van der Waals surface area contributed by atoms with Crippen LogP contribution in [0.3, 0.4) is 0 Å². The van der Waals surface area contributed by atoms with Crippen LogP contribution in [0.4, 0.5) is 36.6 Å². The van der Waals surface area contributed by atoms with E-state index < -0.39 is 51.0 Å². The molecule has 1 aliphatic rings. The summed E-state index contributed by atoms with van der Waals surface area (Å²) in [6, 6.07) is 13.3. The van der Waals surface area contributed by atoms with Crippen molar-refractivity contribution in [3.63, 3.8) is 0 Å². The van der Waals surface area contributed by atoms with Gasteiger partial charge in [-0.2, -0.15) is 0 Å². The van der Waals surface area contributed by atoms with Gasteiger partial charge in [0.2, 0.25) is 21.8 Å². The lowest BCUT2D eigenvalue weighted by molar-refractivity contribution is -0.132. The quantitative estimate of drug-likeness (QED) is 0.173. The molecule has 1 atom stereocenters. The van der Waals surface area contributed by atoms with Crippen LogP contribution in [0.1, 0.15) is 34.6 Å². The first kappa shape index (κ1) is 35.8. The van der Waals surface area contributed by atoms with Gasteiger partial charge in [-0.1, -0.05) is 0 Å². The Hall–Kier alpha value is -5.48. The summed E-state index contributed by atoms with van der Waals surface area (Å²) in [6.45, 7) is 8.45. The highest BCUT2D eigenvalue weighted by Gasteiger charge is 2.44. The van der Waals surface area contributed by atoms with Crippen molar-refractivity contribution in [2.75, 3.05) is 22.1 Å². The first-order chi connectivity index (χ1) is 23.5. The second kappa shape index (κ2) is 14.2. The molecule has 0 saturated carbocycles. The number of carbonyl (C=O) groups is 3. The summed E-state index contributed by atoms with van der Waals surface area (Å²) < 4.78 is 62.1. The number of pyridine rings is 2. The van der Waals surface area contributed by atoms with Crippen molar-refractivity contribution < 1.29 is 36.3 Å². The first-order valence-electron chi connectivity index (χ1n) is 15.4. The normalized spacial score (nSPS) is 15.3. The number of ether oxygens (including phenoxy) is 1. The fourth-order valence-electron chi connectivity index (χ4n) is 4.95. The van der Waals surface area contributed by atoms with Crippen molar-refractivity contribution >= 4 is 50.9 Å². The van der Waals surface area contributed by atoms with Crippen LogP contribution in [-0.4, -0.2) is 59.3 Å². The van der Waals surface area contributed by atoms with E-state index in [1.165, 1.54) is 65.8 Å². The summed E-state index contributed by atoms with van der Waals surface area (Å²) in [5.41, 5.74) is -0.516. The summed E-state index contributed by atoms with van der Waals surface area (Å²) >= 11 is 0. The number of nitrogens with zero attached hydrogens (tertiary/aromatic N) is 4. The Bertz CT molecular complexity index is 2020. The van der Waals surface area contributed by atoms with Gasteiger partial charge in [-0.05, 0) is 89.2 Å². The minimum absolute atomic E-state index is 0.0110. The third kappa shape index (κ3) is 8.38. The van der Waals surface area contributed by atoms with Crippen LogP contribution in [0, 0.1) is 17.6 Å². The fraction of sp³-hybridized carbons (Fsp3) is 0.265. The standard InChI is InChI=1S/C34H35F2N7O6S/c1-20(2)42-19-26(32(45)43(33(42)46)23-9-6-21(35)7-10-23)31(44)39-22-8-12-28(27(36)16-22)49-24-14-15-37-30(17-24)40-29-13-11-25(18-38-29)50(47,48)41-34(3,4)5/h6-18,20,26,41H,19H2,1-5H3,(H,39,44)(H,37,38,40). The Kier molecular flexibility index (Phi) is 10.1. The first-order valence-corrected chi connectivity index (χ1v) is 16.9. The van der Waals surface area contributed by atoms with Gasteiger partial charge in [-0.15, -0.1) is 0 Å². The predicted molar refractivity (Wildman–Crippen MR) is 182 cm³/mol. The molecule has 4 aromatic rings. The molecule has 5 rings (SSSR count). The van der Waals surface area contributed by atoms with Gasteiger partial charge in [-0.25, -0.2) is 41.6 Å². The highest BCUT2D eigenvalue weighted by Crippen LogP contribution is 2.30. The lowest BCUT2D eigenvalue weighted by Gasteiger charge is -2.39. The van der Waals surface area contributed by atoms with Gasteiger partial charge in [0.1, 0.15) is 34.0 Å². The Morgan fingerprint density at radius 3 is 2.30 bits per heavy atom. The fourth-order valence-corrected chi connectivity index (χ4v) is 6.32. The molecule has 1 fully saturated rings. The molecule has 0 aliphatic carbocycles. The van der Waals surface area contributed by atoms with Crippen molar-refractivity contribution in [3.05, 3.63) is 90.8 Å². The van der Waals surface area contributed by atoms with E-state index in [0.717, 1.165) is 23.1 Å².